The van der Waals surface area contributed by atoms with E-state index in [1.54, 1.807) is 13.0 Å². The maximum atomic E-state index is 12.7. The summed E-state index contributed by atoms with van der Waals surface area (Å²) in [5.74, 6) is -0.230. The van der Waals surface area contributed by atoms with Gasteiger partial charge in [0.15, 0.2) is 5.16 Å². The van der Waals surface area contributed by atoms with E-state index in [1.165, 1.54) is 48.4 Å². The zero-order valence-electron chi connectivity index (χ0n) is 17.3. The number of aryl methyl sites for hydroxylation is 1. The molecule has 0 saturated carbocycles. The lowest BCUT2D eigenvalue weighted by Crippen LogP contribution is -2.23. The molecule has 0 aliphatic carbocycles. The van der Waals surface area contributed by atoms with Crippen LogP contribution in [0, 0.1) is 0 Å². The summed E-state index contributed by atoms with van der Waals surface area (Å²) in [7, 11) is -1.92. The second kappa shape index (κ2) is 8.97. The first-order valence-electron chi connectivity index (χ1n) is 9.62. The monoisotopic (exact) mass is 468 g/mol. The molecule has 2 N–H and O–H groups in total. The van der Waals surface area contributed by atoms with Gasteiger partial charge in [0.1, 0.15) is 0 Å². The quantitative estimate of drug-likeness (QED) is 0.400. The molecule has 1 atom stereocenters. The molecule has 32 heavy (non-hydrogen) atoms. The number of anilines is 2. The van der Waals surface area contributed by atoms with Gasteiger partial charge in [-0.05, 0) is 49.4 Å². The van der Waals surface area contributed by atoms with E-state index in [1.807, 2.05) is 35.9 Å². The van der Waals surface area contributed by atoms with Gasteiger partial charge in [-0.2, -0.15) is 0 Å². The van der Waals surface area contributed by atoms with Crippen LogP contribution < -0.4 is 10.0 Å². The van der Waals surface area contributed by atoms with Crippen molar-refractivity contribution >= 4 is 50.4 Å². The number of nitrogens with one attached hydrogen (secondary N) is 2. The summed E-state index contributed by atoms with van der Waals surface area (Å²) < 4.78 is 29.2. The number of carbonyl (C=O) groups excluding carboxylic acids is 1. The molecule has 0 bridgehead atoms. The number of hydrogen-bond acceptors (Lipinski definition) is 7. The molecule has 9 nitrogen and oxygen atoms in total. The van der Waals surface area contributed by atoms with E-state index >= 15 is 0 Å². The first-order chi connectivity index (χ1) is 15.3. The van der Waals surface area contributed by atoms with Crippen LogP contribution in [0.1, 0.15) is 6.92 Å². The molecule has 0 aliphatic rings. The number of amides is 1. The van der Waals surface area contributed by atoms with E-state index in [-0.39, 0.29) is 16.8 Å². The number of imidazole rings is 1. The standard InChI is InChI=1S/C21H20N6O3S2/c1-14(31-21-25-17-6-3-4-7-18(17)27(21)2)19(28)24-15-8-10-16(11-9-15)32(29,30)26-20-22-12-5-13-23-20/h3-14H,1-2H3,(H,24,28)(H,22,23,26). The molecule has 2 aromatic carbocycles. The Hall–Kier alpha value is -3.44. The number of fused-ring (bicyclic) bond motifs is 1. The molecule has 0 saturated heterocycles. The Morgan fingerprint density at radius 1 is 1.03 bits per heavy atom. The van der Waals surface area contributed by atoms with Gasteiger partial charge in [-0.1, -0.05) is 23.9 Å². The Balaban J connectivity index is 1.41. The molecule has 0 radical (unpaired) electrons. The van der Waals surface area contributed by atoms with Gasteiger partial charge in [-0.15, -0.1) is 0 Å². The van der Waals surface area contributed by atoms with Crippen LogP contribution in [0.5, 0.6) is 0 Å². The van der Waals surface area contributed by atoms with Crippen molar-refractivity contribution in [3.05, 3.63) is 67.0 Å². The Bertz CT molecular complexity index is 1360. The summed E-state index contributed by atoms with van der Waals surface area (Å²) >= 11 is 1.35. The third-order valence-electron chi connectivity index (χ3n) is 4.62. The molecule has 0 fully saturated rings. The van der Waals surface area contributed by atoms with Crippen molar-refractivity contribution in [3.8, 4) is 0 Å². The van der Waals surface area contributed by atoms with E-state index in [2.05, 4.69) is 25.0 Å². The fraction of sp³-hybridized carbons (Fsp3) is 0.143. The SMILES string of the molecule is CC(Sc1nc2ccccc2n1C)C(=O)Nc1ccc(S(=O)(=O)Nc2ncccn2)cc1. The number of carbonyl (C=O) groups is 1. The van der Waals surface area contributed by atoms with E-state index in [0.29, 0.717) is 5.69 Å². The Kier molecular flexibility index (Phi) is 6.10. The predicted molar refractivity (Wildman–Crippen MR) is 124 cm³/mol. The zero-order valence-corrected chi connectivity index (χ0v) is 18.9. The molecule has 2 heterocycles. The normalized spacial score (nSPS) is 12.4. The molecule has 1 unspecified atom stereocenters. The van der Waals surface area contributed by atoms with Gasteiger partial charge in [-0.3, -0.25) is 4.79 Å². The van der Waals surface area contributed by atoms with E-state index in [0.717, 1.165) is 16.2 Å². The van der Waals surface area contributed by atoms with E-state index < -0.39 is 15.3 Å². The minimum atomic E-state index is -3.84. The van der Waals surface area contributed by atoms with Crippen molar-refractivity contribution in [1.82, 2.24) is 19.5 Å². The highest BCUT2D eigenvalue weighted by molar-refractivity contribution is 8.00. The molecule has 0 aliphatic heterocycles. The average Bonchev–Trinajstić information content (AvgIpc) is 3.10. The number of hydrogen-bond donors (Lipinski definition) is 2. The molecule has 4 rings (SSSR count). The van der Waals surface area contributed by atoms with Gasteiger partial charge >= 0.3 is 0 Å². The van der Waals surface area contributed by atoms with Crippen LogP contribution in [0.25, 0.3) is 11.0 Å². The van der Waals surface area contributed by atoms with Gasteiger partial charge < -0.3 is 9.88 Å². The van der Waals surface area contributed by atoms with Crippen LogP contribution in [0.15, 0.2) is 77.0 Å². The van der Waals surface area contributed by atoms with Crippen molar-refractivity contribution in [3.63, 3.8) is 0 Å². The van der Waals surface area contributed by atoms with Crippen molar-refractivity contribution < 1.29 is 13.2 Å². The first-order valence-corrected chi connectivity index (χ1v) is 12.0. The highest BCUT2D eigenvalue weighted by atomic mass is 32.2. The summed E-state index contributed by atoms with van der Waals surface area (Å²) in [6.07, 6.45) is 2.88. The van der Waals surface area contributed by atoms with E-state index in [4.69, 9.17) is 0 Å². The largest absolute Gasteiger partial charge is 0.325 e. The van der Waals surface area contributed by atoms with Crippen LogP contribution >= 0.6 is 11.8 Å². The molecule has 164 valence electrons. The Labute approximate surface area is 189 Å². The molecule has 1 amide bonds. The number of rotatable bonds is 7. The van der Waals surface area contributed by atoms with Gasteiger partial charge in [0, 0.05) is 25.1 Å². The van der Waals surface area contributed by atoms with Crippen molar-refractivity contribution in [2.24, 2.45) is 7.05 Å². The van der Waals surface area contributed by atoms with Gasteiger partial charge in [0.2, 0.25) is 11.9 Å². The van der Waals surface area contributed by atoms with Crippen LogP contribution in [0.4, 0.5) is 11.6 Å². The number of thioether (sulfide) groups is 1. The third kappa shape index (κ3) is 4.73. The number of sulfonamides is 1. The molecule has 11 heteroatoms. The van der Waals surface area contributed by atoms with Gasteiger partial charge in [0.05, 0.1) is 21.2 Å². The van der Waals surface area contributed by atoms with Gasteiger partial charge in [0.25, 0.3) is 10.0 Å². The summed E-state index contributed by atoms with van der Waals surface area (Å²) in [5, 5.41) is 3.14. The first kappa shape index (κ1) is 21.8. The van der Waals surface area contributed by atoms with Crippen LogP contribution in [-0.4, -0.2) is 39.1 Å². The van der Waals surface area contributed by atoms with Crippen LogP contribution in [0.3, 0.4) is 0 Å². The Morgan fingerprint density at radius 3 is 2.41 bits per heavy atom. The predicted octanol–water partition coefficient (Wildman–Crippen LogP) is 3.28. The van der Waals surface area contributed by atoms with Gasteiger partial charge in [-0.25, -0.2) is 28.1 Å². The average molecular weight is 469 g/mol. The van der Waals surface area contributed by atoms with Crippen LogP contribution in [0.2, 0.25) is 0 Å². The minimum absolute atomic E-state index is 0.0160. The molecule has 4 aromatic rings. The topological polar surface area (TPSA) is 119 Å². The summed E-state index contributed by atoms with van der Waals surface area (Å²) in [6, 6.07) is 15.2. The molecular formula is C21H20N6O3S2. The molecule has 2 aromatic heterocycles. The summed E-state index contributed by atoms with van der Waals surface area (Å²) in [4.78, 5) is 25.0. The Morgan fingerprint density at radius 2 is 1.72 bits per heavy atom. The highest BCUT2D eigenvalue weighted by Crippen LogP contribution is 2.27. The third-order valence-corrected chi connectivity index (χ3v) is 7.11. The second-order valence-electron chi connectivity index (χ2n) is 6.89. The summed E-state index contributed by atoms with van der Waals surface area (Å²) in [5.41, 5.74) is 2.35. The fourth-order valence-electron chi connectivity index (χ4n) is 2.93. The highest BCUT2D eigenvalue weighted by Gasteiger charge is 2.19. The van der Waals surface area contributed by atoms with Crippen LogP contribution in [-0.2, 0) is 21.9 Å². The minimum Gasteiger partial charge on any atom is -0.325 e. The lowest BCUT2D eigenvalue weighted by atomic mass is 10.3. The number of benzene rings is 2. The number of nitrogens with zero attached hydrogens (tertiary/aromatic N) is 4. The zero-order chi connectivity index (χ0) is 22.7. The van der Waals surface area contributed by atoms with Crippen molar-refractivity contribution in [1.29, 1.82) is 0 Å². The van der Waals surface area contributed by atoms with Crippen molar-refractivity contribution in [2.45, 2.75) is 22.2 Å². The smallest absolute Gasteiger partial charge is 0.264 e. The van der Waals surface area contributed by atoms with Crippen molar-refractivity contribution in [2.75, 3.05) is 10.0 Å². The van der Waals surface area contributed by atoms with E-state index in [9.17, 15) is 13.2 Å². The number of para-hydroxylation sites is 2. The molecular weight excluding hydrogens is 448 g/mol. The number of aromatic nitrogens is 4. The lowest BCUT2D eigenvalue weighted by molar-refractivity contribution is -0.115. The molecule has 0 spiro atoms. The fourth-order valence-corrected chi connectivity index (χ4v) is 4.78. The lowest BCUT2D eigenvalue weighted by Gasteiger charge is -2.12. The maximum absolute atomic E-state index is 12.7. The summed E-state index contributed by atoms with van der Waals surface area (Å²) in [6.45, 7) is 1.79. The maximum Gasteiger partial charge on any atom is 0.264 e. The second-order valence-corrected chi connectivity index (χ2v) is 9.88.